The van der Waals surface area contributed by atoms with E-state index >= 15 is 0 Å². The van der Waals surface area contributed by atoms with Gasteiger partial charge in [-0.15, -0.1) is 0 Å². The van der Waals surface area contributed by atoms with Crippen molar-refractivity contribution < 1.29 is 0 Å². The minimum atomic E-state index is 0.693. The largest absolute Gasteiger partial charge is 0.306 e. The van der Waals surface area contributed by atoms with Gasteiger partial charge in [0.05, 0.1) is 30.0 Å². The molecule has 0 amide bonds. The van der Waals surface area contributed by atoms with Crippen molar-refractivity contribution in [2.45, 2.75) is 6.54 Å². The zero-order valence-corrected chi connectivity index (χ0v) is 10.9. The minimum absolute atomic E-state index is 0.693. The molecule has 98 valence electrons. The van der Waals surface area contributed by atoms with Crippen LogP contribution in [0.3, 0.4) is 0 Å². The summed E-state index contributed by atoms with van der Waals surface area (Å²) in [5.41, 5.74) is 6.69. The highest BCUT2D eigenvalue weighted by Crippen LogP contribution is 2.07. The molecule has 4 nitrogen and oxygen atoms in total. The molecule has 0 bridgehead atoms. The van der Waals surface area contributed by atoms with E-state index in [1.165, 1.54) is 5.56 Å². The summed E-state index contributed by atoms with van der Waals surface area (Å²) in [6.45, 7) is 0.693. The standard InChI is InChI=1S/C16H14N4/c1-2-6-13(7-3-1)10-18-19-12-14-11-17-15-8-4-5-9-16(15)20-14/h1-9,11-12,18H,10H2. The van der Waals surface area contributed by atoms with Crippen molar-refractivity contribution in [3.63, 3.8) is 0 Å². The Hall–Kier alpha value is -2.75. The van der Waals surface area contributed by atoms with E-state index in [1.54, 1.807) is 12.4 Å². The summed E-state index contributed by atoms with van der Waals surface area (Å²) in [5.74, 6) is 0. The Balaban J connectivity index is 1.65. The van der Waals surface area contributed by atoms with E-state index in [0.29, 0.717) is 6.54 Å². The second kappa shape index (κ2) is 5.93. The molecule has 1 heterocycles. The second-order valence-electron chi connectivity index (χ2n) is 4.36. The molecule has 1 aromatic heterocycles. The molecule has 2 aromatic carbocycles. The molecule has 0 radical (unpaired) electrons. The highest BCUT2D eigenvalue weighted by atomic mass is 15.3. The van der Waals surface area contributed by atoms with Crippen LogP contribution in [0.1, 0.15) is 11.3 Å². The number of rotatable bonds is 4. The molecule has 0 aliphatic rings. The molecule has 1 N–H and O–H groups in total. The third kappa shape index (κ3) is 2.98. The first-order valence-corrected chi connectivity index (χ1v) is 6.43. The SMILES string of the molecule is C(=NNCc1ccccc1)c1cnc2ccccc2n1. The second-order valence-corrected chi connectivity index (χ2v) is 4.36. The van der Waals surface area contributed by atoms with Gasteiger partial charge in [-0.1, -0.05) is 42.5 Å². The number of nitrogens with zero attached hydrogens (tertiary/aromatic N) is 3. The van der Waals surface area contributed by atoms with Gasteiger partial charge in [0, 0.05) is 0 Å². The molecule has 3 rings (SSSR count). The molecule has 0 saturated carbocycles. The number of hydrogen-bond donors (Lipinski definition) is 1. The zero-order valence-electron chi connectivity index (χ0n) is 10.9. The van der Waals surface area contributed by atoms with Crippen molar-refractivity contribution in [1.82, 2.24) is 15.4 Å². The Bertz CT molecular complexity index is 723. The van der Waals surface area contributed by atoms with E-state index in [-0.39, 0.29) is 0 Å². The van der Waals surface area contributed by atoms with E-state index in [9.17, 15) is 0 Å². The van der Waals surface area contributed by atoms with Crippen LogP contribution in [0.25, 0.3) is 11.0 Å². The van der Waals surface area contributed by atoms with Crippen LogP contribution in [0.15, 0.2) is 65.9 Å². The van der Waals surface area contributed by atoms with Crippen molar-refractivity contribution in [3.8, 4) is 0 Å². The lowest BCUT2D eigenvalue weighted by molar-refractivity contribution is 0.747. The monoisotopic (exact) mass is 262 g/mol. The highest BCUT2D eigenvalue weighted by molar-refractivity contribution is 5.81. The van der Waals surface area contributed by atoms with Gasteiger partial charge in [-0.3, -0.25) is 4.98 Å². The fraction of sp³-hybridized carbons (Fsp3) is 0.0625. The van der Waals surface area contributed by atoms with Gasteiger partial charge in [0.2, 0.25) is 0 Å². The summed E-state index contributed by atoms with van der Waals surface area (Å²) in [4.78, 5) is 8.80. The minimum Gasteiger partial charge on any atom is -0.306 e. The number of hydrogen-bond acceptors (Lipinski definition) is 4. The lowest BCUT2D eigenvalue weighted by atomic mass is 10.2. The van der Waals surface area contributed by atoms with Gasteiger partial charge in [0.1, 0.15) is 5.69 Å². The lowest BCUT2D eigenvalue weighted by Crippen LogP contribution is -2.05. The summed E-state index contributed by atoms with van der Waals surface area (Å²) < 4.78 is 0. The maximum absolute atomic E-state index is 4.47. The molecule has 20 heavy (non-hydrogen) atoms. The Morgan fingerprint density at radius 2 is 1.70 bits per heavy atom. The van der Waals surface area contributed by atoms with Crippen molar-refractivity contribution in [2.75, 3.05) is 0 Å². The van der Waals surface area contributed by atoms with E-state index in [1.807, 2.05) is 42.5 Å². The van der Waals surface area contributed by atoms with Crippen LogP contribution in [0.4, 0.5) is 0 Å². The summed E-state index contributed by atoms with van der Waals surface area (Å²) in [6, 6.07) is 17.9. The van der Waals surface area contributed by atoms with Crippen LogP contribution in [-0.4, -0.2) is 16.2 Å². The summed E-state index contributed by atoms with van der Waals surface area (Å²) in [5, 5.41) is 4.17. The third-order valence-corrected chi connectivity index (χ3v) is 2.88. The smallest absolute Gasteiger partial charge is 0.102 e. The van der Waals surface area contributed by atoms with Crippen LogP contribution in [-0.2, 0) is 6.54 Å². The number of para-hydroxylation sites is 2. The molecule has 0 aliphatic carbocycles. The molecule has 0 fully saturated rings. The summed E-state index contributed by atoms with van der Waals surface area (Å²) >= 11 is 0. The van der Waals surface area contributed by atoms with Gasteiger partial charge >= 0.3 is 0 Å². The number of fused-ring (bicyclic) bond motifs is 1. The molecule has 3 aromatic rings. The average Bonchev–Trinajstić information content (AvgIpc) is 2.52. The maximum atomic E-state index is 4.47. The van der Waals surface area contributed by atoms with Gasteiger partial charge in [-0.25, -0.2) is 4.98 Å². The summed E-state index contributed by atoms with van der Waals surface area (Å²) in [7, 11) is 0. The Morgan fingerprint density at radius 1 is 0.950 bits per heavy atom. The van der Waals surface area contributed by atoms with E-state index in [2.05, 4.69) is 32.6 Å². The van der Waals surface area contributed by atoms with Gasteiger partial charge < -0.3 is 5.43 Å². The molecule has 0 aliphatic heterocycles. The molecule has 0 atom stereocenters. The number of hydrazone groups is 1. The Morgan fingerprint density at radius 3 is 2.55 bits per heavy atom. The van der Waals surface area contributed by atoms with Gasteiger partial charge in [-0.2, -0.15) is 5.10 Å². The van der Waals surface area contributed by atoms with Crippen molar-refractivity contribution >= 4 is 17.2 Å². The molecule has 0 saturated heterocycles. The number of benzene rings is 2. The number of nitrogens with one attached hydrogen (secondary N) is 1. The van der Waals surface area contributed by atoms with Crippen LogP contribution in [0, 0.1) is 0 Å². The van der Waals surface area contributed by atoms with E-state index < -0.39 is 0 Å². The van der Waals surface area contributed by atoms with Gasteiger partial charge in [0.25, 0.3) is 0 Å². The molecule has 4 heteroatoms. The molecule has 0 unspecified atom stereocenters. The van der Waals surface area contributed by atoms with Crippen LogP contribution in [0.2, 0.25) is 0 Å². The molecule has 0 spiro atoms. The first-order chi connectivity index (χ1) is 9.92. The highest BCUT2D eigenvalue weighted by Gasteiger charge is 1.96. The average molecular weight is 262 g/mol. The van der Waals surface area contributed by atoms with Gasteiger partial charge in [-0.05, 0) is 17.7 Å². The first kappa shape index (κ1) is 12.3. The van der Waals surface area contributed by atoms with E-state index in [0.717, 1.165) is 16.7 Å². The quantitative estimate of drug-likeness (QED) is 0.581. The van der Waals surface area contributed by atoms with Crippen LogP contribution in [0.5, 0.6) is 0 Å². The fourth-order valence-corrected chi connectivity index (χ4v) is 1.88. The zero-order chi connectivity index (χ0) is 13.6. The third-order valence-electron chi connectivity index (χ3n) is 2.88. The van der Waals surface area contributed by atoms with E-state index in [4.69, 9.17) is 0 Å². The number of aromatic nitrogens is 2. The molecular weight excluding hydrogens is 248 g/mol. The predicted molar refractivity (Wildman–Crippen MR) is 80.4 cm³/mol. The van der Waals surface area contributed by atoms with Gasteiger partial charge in [0.15, 0.2) is 0 Å². The normalized spacial score (nSPS) is 11.0. The lowest BCUT2D eigenvalue weighted by Gasteiger charge is -2.00. The van der Waals surface area contributed by atoms with Crippen molar-refractivity contribution in [2.24, 2.45) is 5.10 Å². The van der Waals surface area contributed by atoms with Crippen molar-refractivity contribution in [3.05, 3.63) is 72.1 Å². The predicted octanol–water partition coefficient (Wildman–Crippen LogP) is 2.75. The fourth-order valence-electron chi connectivity index (χ4n) is 1.88. The summed E-state index contributed by atoms with van der Waals surface area (Å²) in [6.07, 6.45) is 3.40. The molecular formula is C16H14N4. The van der Waals surface area contributed by atoms with Crippen molar-refractivity contribution in [1.29, 1.82) is 0 Å². The first-order valence-electron chi connectivity index (χ1n) is 6.43. The van der Waals surface area contributed by atoms with Crippen LogP contribution < -0.4 is 5.43 Å². The maximum Gasteiger partial charge on any atom is 0.102 e. The topological polar surface area (TPSA) is 50.2 Å². The van der Waals surface area contributed by atoms with Crippen LogP contribution >= 0.6 is 0 Å². The Kier molecular flexibility index (Phi) is 3.64. The Labute approximate surface area is 117 Å².